The van der Waals surface area contributed by atoms with Crippen LogP contribution in [-0.2, 0) is 25.4 Å². The summed E-state index contributed by atoms with van der Waals surface area (Å²) in [6.45, 7) is 3.47. The zero-order valence-corrected chi connectivity index (χ0v) is 25.3. The second kappa shape index (κ2) is 11.4. The lowest BCUT2D eigenvalue weighted by Crippen LogP contribution is -2.32. The van der Waals surface area contributed by atoms with Gasteiger partial charge >= 0.3 is 12.4 Å². The molecule has 0 radical (unpaired) electrons. The van der Waals surface area contributed by atoms with Crippen LogP contribution in [0.5, 0.6) is 0 Å². The highest BCUT2D eigenvalue weighted by atomic mass is 127. The van der Waals surface area contributed by atoms with Crippen molar-refractivity contribution in [3.63, 3.8) is 0 Å². The first-order chi connectivity index (χ1) is 20.3. The molecule has 0 spiro atoms. The van der Waals surface area contributed by atoms with Crippen LogP contribution in [-0.4, -0.2) is 36.5 Å². The maximum atomic E-state index is 13.7. The lowest BCUT2D eigenvalue weighted by molar-refractivity contribution is -0.143. The van der Waals surface area contributed by atoms with Gasteiger partial charge in [0.1, 0.15) is 28.7 Å². The number of anilines is 2. The number of aromatic nitrogens is 5. The van der Waals surface area contributed by atoms with Gasteiger partial charge in [-0.1, -0.05) is 26.3 Å². The molecule has 0 atom stereocenters. The molecule has 0 bridgehead atoms. The minimum absolute atomic E-state index is 0.0756. The van der Waals surface area contributed by atoms with Gasteiger partial charge in [-0.05, 0) is 85.0 Å². The maximum Gasteiger partial charge on any atom is 0.416 e. The number of para-hydroxylation sites is 1. The Morgan fingerprint density at radius 3 is 2.02 bits per heavy atom. The number of fused-ring (bicyclic) bond motifs is 1. The van der Waals surface area contributed by atoms with Crippen LogP contribution >= 0.6 is 22.9 Å². The number of pyridine rings is 1. The lowest BCUT2D eigenvalue weighted by Gasteiger charge is -2.29. The Morgan fingerprint density at radius 2 is 1.49 bits per heavy atom. The number of alkyl halides is 6. The highest BCUT2D eigenvalue weighted by Crippen LogP contribution is 2.39. The second-order valence-electron chi connectivity index (χ2n) is 11.5. The first-order valence-electron chi connectivity index (χ1n) is 14.0. The molecule has 0 N–H and O–H groups in total. The van der Waals surface area contributed by atoms with Crippen molar-refractivity contribution in [2.75, 3.05) is 22.9 Å². The van der Waals surface area contributed by atoms with E-state index in [9.17, 15) is 26.3 Å². The van der Waals surface area contributed by atoms with Crippen LogP contribution in [0, 0.1) is 18.8 Å². The summed E-state index contributed by atoms with van der Waals surface area (Å²) in [4.78, 5) is 8.98. The van der Waals surface area contributed by atoms with Gasteiger partial charge in [-0.2, -0.15) is 26.3 Å². The summed E-state index contributed by atoms with van der Waals surface area (Å²) in [5.74, 6) is 1.99. The number of rotatable bonds is 10. The number of aryl methyl sites for hydroxylation is 1. The first kappa shape index (κ1) is 29.9. The Hall–Kier alpha value is -3.17. The molecule has 2 aliphatic carbocycles. The fraction of sp³-hybridized carbons (Fsp3) is 0.448. The third kappa shape index (κ3) is 7.15. The Balaban J connectivity index is 1.44. The summed E-state index contributed by atoms with van der Waals surface area (Å²) in [6, 6.07) is 9.49. The van der Waals surface area contributed by atoms with E-state index in [0.29, 0.717) is 11.8 Å². The van der Waals surface area contributed by atoms with Crippen LogP contribution in [0.2, 0.25) is 0 Å². The molecule has 2 heterocycles. The van der Waals surface area contributed by atoms with Gasteiger partial charge in [-0.25, -0.2) is 4.98 Å². The first-order valence-corrected chi connectivity index (χ1v) is 14.9. The van der Waals surface area contributed by atoms with E-state index in [4.69, 9.17) is 4.98 Å². The molecule has 4 aromatic rings. The van der Waals surface area contributed by atoms with Crippen molar-refractivity contribution in [2.24, 2.45) is 11.8 Å². The van der Waals surface area contributed by atoms with Gasteiger partial charge in [0.25, 0.3) is 5.95 Å². The smallest absolute Gasteiger partial charge is 0.356 e. The normalized spacial score (nSPS) is 15.7. The molecule has 228 valence electrons. The Labute approximate surface area is 257 Å². The molecule has 0 saturated heterocycles. The van der Waals surface area contributed by atoms with Gasteiger partial charge < -0.3 is 9.80 Å². The van der Waals surface area contributed by atoms with Crippen molar-refractivity contribution in [2.45, 2.75) is 58.0 Å². The van der Waals surface area contributed by atoms with Crippen LogP contribution in [0.1, 0.15) is 53.5 Å². The fourth-order valence-electron chi connectivity index (χ4n) is 5.29. The average Bonchev–Trinajstić information content (AvgIpc) is 3.87. The highest BCUT2D eigenvalue weighted by Gasteiger charge is 2.37. The maximum absolute atomic E-state index is 13.7. The predicted molar refractivity (Wildman–Crippen MR) is 158 cm³/mol. The molecule has 2 saturated carbocycles. The summed E-state index contributed by atoms with van der Waals surface area (Å²) < 4.78 is 83.1. The summed E-state index contributed by atoms with van der Waals surface area (Å²) in [6.07, 6.45) is -5.32. The molecule has 0 aliphatic heterocycles. The monoisotopic (exact) mass is 715 g/mol. The lowest BCUT2D eigenvalue weighted by atomic mass is 10.0. The predicted octanol–water partition coefficient (Wildman–Crippen LogP) is 7.60. The zero-order valence-electron chi connectivity index (χ0n) is 23.1. The van der Waals surface area contributed by atoms with Crippen molar-refractivity contribution < 1.29 is 26.3 Å². The Kier molecular flexibility index (Phi) is 7.92. The molecule has 6 rings (SSSR count). The molecule has 43 heavy (non-hydrogen) atoms. The van der Waals surface area contributed by atoms with E-state index in [2.05, 4.69) is 20.3 Å². The molecule has 0 amide bonds. The van der Waals surface area contributed by atoms with E-state index in [1.165, 1.54) is 3.01 Å². The van der Waals surface area contributed by atoms with Crippen molar-refractivity contribution in [1.82, 2.24) is 23.4 Å². The molecule has 2 aromatic carbocycles. The van der Waals surface area contributed by atoms with Gasteiger partial charge in [0.05, 0.1) is 16.6 Å². The van der Waals surface area contributed by atoms with Crippen molar-refractivity contribution in [3.8, 4) is 0 Å². The van der Waals surface area contributed by atoms with Gasteiger partial charge in [-0.15, -0.1) is 5.10 Å². The highest BCUT2D eigenvalue weighted by molar-refractivity contribution is 14.1. The standard InChI is InChI=1S/C29H28F6IN7/c1-17-3-2-4-21-11-22(26(37-25(17)21)41(13-18-5-6-18)14-19-7-8-19)16-42(27-38-40-43(36)39-27)15-20-9-23(28(30,31)32)12-24(10-20)29(33,34)35/h2-4,9-12,18-19H,5-8,13-16H2,1H3. The largest absolute Gasteiger partial charge is 0.416 e. The number of hydrogen-bond donors (Lipinski definition) is 0. The molecule has 2 aromatic heterocycles. The van der Waals surface area contributed by atoms with Crippen molar-refractivity contribution >= 4 is 45.5 Å². The quantitative estimate of drug-likeness (QED) is 0.125. The number of halogens is 7. The van der Waals surface area contributed by atoms with Crippen LogP contribution < -0.4 is 9.80 Å². The minimum atomic E-state index is -4.95. The molecule has 7 nitrogen and oxygen atoms in total. The summed E-state index contributed by atoms with van der Waals surface area (Å²) in [5.41, 5.74) is -0.262. The van der Waals surface area contributed by atoms with Crippen LogP contribution in [0.3, 0.4) is 0 Å². The van der Waals surface area contributed by atoms with Gasteiger partial charge in [0.2, 0.25) is 0 Å². The molecule has 14 heteroatoms. The number of hydrogen-bond acceptors (Lipinski definition) is 6. The van der Waals surface area contributed by atoms with Gasteiger partial charge in [0, 0.05) is 37.1 Å². The summed E-state index contributed by atoms with van der Waals surface area (Å²) in [7, 11) is 0. The summed E-state index contributed by atoms with van der Waals surface area (Å²) in [5, 5.41) is 13.1. The van der Waals surface area contributed by atoms with Gasteiger partial charge in [0.15, 0.2) is 0 Å². The van der Waals surface area contributed by atoms with Crippen LogP contribution in [0.25, 0.3) is 10.9 Å². The fourth-order valence-corrected chi connectivity index (χ4v) is 5.58. The average molecular weight is 715 g/mol. The minimum Gasteiger partial charge on any atom is -0.356 e. The Morgan fingerprint density at radius 1 is 0.860 bits per heavy atom. The second-order valence-corrected chi connectivity index (χ2v) is 12.4. The number of nitrogens with zero attached hydrogens (tertiary/aromatic N) is 7. The van der Waals surface area contributed by atoms with E-state index in [0.717, 1.165) is 78.8 Å². The SMILES string of the molecule is Cc1cccc2cc(CN(Cc3cc(C(F)(F)F)cc(C(F)(F)F)c3)c3nnn(I)n3)c(N(CC3CC3)CC3CC3)nc12. The van der Waals surface area contributed by atoms with Crippen molar-refractivity contribution in [1.29, 1.82) is 0 Å². The van der Waals surface area contributed by atoms with Gasteiger partial charge in [-0.3, -0.25) is 0 Å². The van der Waals surface area contributed by atoms with Crippen molar-refractivity contribution in [3.05, 3.63) is 70.3 Å². The third-order valence-electron chi connectivity index (χ3n) is 7.80. The molecular weight excluding hydrogens is 687 g/mol. The third-order valence-corrected chi connectivity index (χ3v) is 8.21. The van der Waals surface area contributed by atoms with E-state index in [-0.39, 0.29) is 30.7 Å². The molecular formula is C29H28F6IN7. The van der Waals surface area contributed by atoms with Crippen LogP contribution in [0.15, 0.2) is 42.5 Å². The van der Waals surface area contributed by atoms with E-state index >= 15 is 0 Å². The molecule has 2 aliphatic rings. The van der Waals surface area contributed by atoms with Crippen LogP contribution in [0.4, 0.5) is 38.1 Å². The summed E-state index contributed by atoms with van der Waals surface area (Å²) >= 11 is 1.79. The van der Waals surface area contributed by atoms with E-state index in [1.807, 2.05) is 31.2 Å². The van der Waals surface area contributed by atoms with E-state index in [1.54, 1.807) is 27.8 Å². The number of benzene rings is 2. The topological polar surface area (TPSA) is 63.0 Å². The molecule has 0 unspecified atom stereocenters. The number of tetrazole rings is 1. The molecule has 2 fully saturated rings. The Bertz CT molecular complexity index is 1580. The van der Waals surface area contributed by atoms with E-state index < -0.39 is 23.5 Å². The zero-order chi connectivity index (χ0) is 30.5.